The standard InChI is InChI=1S/C34H33FN8O2/c1-43(2)11-12-45-26-15-22(13-24(35)17-26)27-9-10-37-32-30(27)39-33(40-32)31-28-16-21(7-8-29(28)41-42-31)23-14-25(19-36-18-23)38-34(44)20-5-3-4-6-20/h7-10,13-20H,3-6,11-12H2,1-2H3,(H,38,44)(H,41,42)(H,37,39,40). The number of rotatable bonds is 9. The number of imidazole rings is 1. The van der Waals surface area contributed by atoms with Gasteiger partial charge >= 0.3 is 0 Å². The van der Waals surface area contributed by atoms with E-state index in [0.29, 0.717) is 52.8 Å². The molecule has 0 saturated heterocycles. The Balaban J connectivity index is 1.20. The number of aromatic nitrogens is 6. The number of carbonyl (C=O) groups excluding carboxylic acids is 1. The zero-order chi connectivity index (χ0) is 30.9. The summed E-state index contributed by atoms with van der Waals surface area (Å²) >= 11 is 0. The van der Waals surface area contributed by atoms with Gasteiger partial charge in [0, 0.05) is 47.4 Å². The van der Waals surface area contributed by atoms with Crippen LogP contribution in [0.3, 0.4) is 0 Å². The second-order valence-corrected chi connectivity index (χ2v) is 11.7. The molecule has 1 aliphatic carbocycles. The summed E-state index contributed by atoms with van der Waals surface area (Å²) in [4.78, 5) is 31.8. The number of pyridine rings is 2. The SMILES string of the molecule is CN(C)CCOc1cc(F)cc(-c2ccnc3[nH]c(-c4n[nH]c5ccc(-c6cncc(NC(=O)C7CCCC7)c6)cc45)nc23)c1. The number of amides is 1. The second kappa shape index (κ2) is 12.1. The molecule has 2 aromatic carbocycles. The van der Waals surface area contributed by atoms with E-state index in [1.807, 2.05) is 55.4 Å². The number of nitrogens with one attached hydrogen (secondary N) is 3. The lowest BCUT2D eigenvalue weighted by molar-refractivity contribution is -0.119. The van der Waals surface area contributed by atoms with Gasteiger partial charge in [0.1, 0.15) is 29.4 Å². The monoisotopic (exact) mass is 604 g/mol. The molecule has 7 rings (SSSR count). The maximum Gasteiger partial charge on any atom is 0.227 e. The number of aromatic amines is 2. The maximum atomic E-state index is 14.7. The second-order valence-electron chi connectivity index (χ2n) is 11.7. The predicted octanol–water partition coefficient (Wildman–Crippen LogP) is 6.44. The normalized spacial score (nSPS) is 13.7. The highest BCUT2D eigenvalue weighted by molar-refractivity contribution is 5.98. The van der Waals surface area contributed by atoms with E-state index >= 15 is 0 Å². The molecule has 0 radical (unpaired) electrons. The van der Waals surface area contributed by atoms with Crippen molar-refractivity contribution in [1.29, 1.82) is 0 Å². The first-order valence-corrected chi connectivity index (χ1v) is 15.1. The molecule has 1 fully saturated rings. The smallest absolute Gasteiger partial charge is 0.227 e. The molecule has 0 unspecified atom stereocenters. The highest BCUT2D eigenvalue weighted by Crippen LogP contribution is 2.34. The van der Waals surface area contributed by atoms with E-state index in [1.54, 1.807) is 18.6 Å². The topological polar surface area (TPSA) is 125 Å². The molecule has 0 atom stereocenters. The largest absolute Gasteiger partial charge is 0.492 e. The van der Waals surface area contributed by atoms with Crippen LogP contribution in [-0.4, -0.2) is 68.2 Å². The summed E-state index contributed by atoms with van der Waals surface area (Å²) in [6.45, 7) is 1.16. The molecule has 4 aromatic heterocycles. The van der Waals surface area contributed by atoms with Gasteiger partial charge in [-0.25, -0.2) is 14.4 Å². The van der Waals surface area contributed by atoms with E-state index in [4.69, 9.17) is 9.72 Å². The Hall–Kier alpha value is -5.16. The number of fused-ring (bicyclic) bond motifs is 2. The predicted molar refractivity (Wildman–Crippen MR) is 172 cm³/mol. The zero-order valence-corrected chi connectivity index (χ0v) is 25.1. The molecule has 3 N–H and O–H groups in total. The Bertz CT molecular complexity index is 2010. The number of likely N-dealkylation sites (N-methyl/N-ethyl adjacent to an activating group) is 1. The fourth-order valence-corrected chi connectivity index (χ4v) is 5.88. The molecule has 1 aliphatic rings. The van der Waals surface area contributed by atoms with Gasteiger partial charge in [-0.1, -0.05) is 18.9 Å². The number of anilines is 1. The first kappa shape index (κ1) is 28.6. The average Bonchev–Trinajstić information content (AvgIpc) is 3.80. The van der Waals surface area contributed by atoms with E-state index in [2.05, 4.69) is 30.5 Å². The number of hydrogen-bond donors (Lipinski definition) is 3. The van der Waals surface area contributed by atoms with Crippen molar-refractivity contribution >= 4 is 33.7 Å². The third-order valence-electron chi connectivity index (χ3n) is 8.23. The lowest BCUT2D eigenvalue weighted by atomic mass is 10.0. The summed E-state index contributed by atoms with van der Waals surface area (Å²) in [5.41, 5.74) is 6.46. The van der Waals surface area contributed by atoms with Crippen LogP contribution in [0, 0.1) is 11.7 Å². The lowest BCUT2D eigenvalue weighted by Crippen LogP contribution is -2.20. The molecule has 6 aromatic rings. The van der Waals surface area contributed by atoms with Crippen LogP contribution in [0.4, 0.5) is 10.1 Å². The average molecular weight is 605 g/mol. The number of benzene rings is 2. The number of halogens is 1. The number of hydrogen-bond acceptors (Lipinski definition) is 7. The van der Waals surface area contributed by atoms with Crippen molar-refractivity contribution in [3.05, 3.63) is 72.9 Å². The summed E-state index contributed by atoms with van der Waals surface area (Å²) in [7, 11) is 3.92. The van der Waals surface area contributed by atoms with Gasteiger partial charge in [0.15, 0.2) is 11.5 Å². The van der Waals surface area contributed by atoms with Crippen molar-refractivity contribution in [2.24, 2.45) is 5.92 Å². The number of H-pyrrole nitrogens is 2. The fraction of sp³-hybridized carbons (Fsp3) is 0.265. The molecule has 1 amide bonds. The Morgan fingerprint density at radius 3 is 2.76 bits per heavy atom. The van der Waals surface area contributed by atoms with Crippen molar-refractivity contribution < 1.29 is 13.9 Å². The Morgan fingerprint density at radius 1 is 1.04 bits per heavy atom. The van der Waals surface area contributed by atoms with Crippen LogP contribution >= 0.6 is 0 Å². The Morgan fingerprint density at radius 2 is 1.91 bits per heavy atom. The van der Waals surface area contributed by atoms with Crippen LogP contribution in [0.15, 0.2) is 67.1 Å². The van der Waals surface area contributed by atoms with Crippen LogP contribution in [-0.2, 0) is 4.79 Å². The molecule has 0 bridgehead atoms. The van der Waals surface area contributed by atoms with E-state index in [-0.39, 0.29) is 11.8 Å². The van der Waals surface area contributed by atoms with Gasteiger partial charge in [0.2, 0.25) is 5.91 Å². The van der Waals surface area contributed by atoms with Crippen LogP contribution in [0.25, 0.3) is 55.8 Å². The number of carbonyl (C=O) groups is 1. The molecule has 0 aliphatic heterocycles. The highest BCUT2D eigenvalue weighted by Gasteiger charge is 2.23. The van der Waals surface area contributed by atoms with Crippen molar-refractivity contribution in [2.75, 3.05) is 32.6 Å². The van der Waals surface area contributed by atoms with Gasteiger partial charge in [-0.2, -0.15) is 5.10 Å². The van der Waals surface area contributed by atoms with Crippen LogP contribution in [0.2, 0.25) is 0 Å². The van der Waals surface area contributed by atoms with Crippen LogP contribution < -0.4 is 10.1 Å². The first-order chi connectivity index (χ1) is 21.9. The van der Waals surface area contributed by atoms with Gasteiger partial charge in [-0.15, -0.1) is 0 Å². The van der Waals surface area contributed by atoms with Gasteiger partial charge in [-0.3, -0.25) is 14.9 Å². The molecule has 10 nitrogen and oxygen atoms in total. The highest BCUT2D eigenvalue weighted by atomic mass is 19.1. The minimum Gasteiger partial charge on any atom is -0.492 e. The zero-order valence-electron chi connectivity index (χ0n) is 25.1. The fourth-order valence-electron chi connectivity index (χ4n) is 5.88. The quantitative estimate of drug-likeness (QED) is 0.174. The minimum absolute atomic E-state index is 0.0585. The van der Waals surface area contributed by atoms with Crippen molar-refractivity contribution in [3.8, 4) is 39.5 Å². The number of nitrogens with zero attached hydrogens (tertiary/aromatic N) is 5. The Labute approximate surface area is 259 Å². The van der Waals surface area contributed by atoms with E-state index < -0.39 is 5.82 Å². The minimum atomic E-state index is -0.393. The van der Waals surface area contributed by atoms with Crippen molar-refractivity contribution in [1.82, 2.24) is 35.0 Å². The molecular weight excluding hydrogens is 571 g/mol. The van der Waals surface area contributed by atoms with Crippen LogP contribution in [0.1, 0.15) is 25.7 Å². The molecule has 0 spiro atoms. The van der Waals surface area contributed by atoms with E-state index in [1.165, 1.54) is 12.1 Å². The van der Waals surface area contributed by atoms with E-state index in [9.17, 15) is 9.18 Å². The summed E-state index contributed by atoms with van der Waals surface area (Å²) in [6, 6.07) is 14.4. The summed E-state index contributed by atoms with van der Waals surface area (Å²) in [6.07, 6.45) is 9.20. The molecule has 228 valence electrons. The number of ether oxygens (including phenoxy) is 1. The summed E-state index contributed by atoms with van der Waals surface area (Å²) < 4.78 is 20.5. The molecule has 45 heavy (non-hydrogen) atoms. The van der Waals surface area contributed by atoms with Gasteiger partial charge < -0.3 is 19.9 Å². The van der Waals surface area contributed by atoms with Crippen molar-refractivity contribution in [3.63, 3.8) is 0 Å². The molecule has 4 heterocycles. The van der Waals surface area contributed by atoms with Crippen LogP contribution in [0.5, 0.6) is 5.75 Å². The third-order valence-corrected chi connectivity index (χ3v) is 8.23. The maximum absolute atomic E-state index is 14.7. The Kier molecular flexibility index (Phi) is 7.68. The van der Waals surface area contributed by atoms with Gasteiger partial charge in [0.25, 0.3) is 0 Å². The van der Waals surface area contributed by atoms with Gasteiger partial charge in [-0.05, 0) is 74.5 Å². The molecular formula is C34H33FN8O2. The van der Waals surface area contributed by atoms with E-state index in [0.717, 1.165) is 53.3 Å². The van der Waals surface area contributed by atoms with Gasteiger partial charge in [0.05, 0.1) is 17.4 Å². The summed E-state index contributed by atoms with van der Waals surface area (Å²) in [5.74, 6) is 0.721. The molecule has 11 heteroatoms. The lowest BCUT2D eigenvalue weighted by Gasteiger charge is -2.12. The van der Waals surface area contributed by atoms with Crippen molar-refractivity contribution in [2.45, 2.75) is 25.7 Å². The first-order valence-electron chi connectivity index (χ1n) is 15.1. The molecule has 1 saturated carbocycles. The third kappa shape index (κ3) is 5.99. The summed E-state index contributed by atoms with van der Waals surface area (Å²) in [5, 5.41) is 11.6.